The van der Waals surface area contributed by atoms with Crippen LogP contribution in [-0.2, 0) is 4.79 Å². The van der Waals surface area contributed by atoms with Crippen molar-refractivity contribution in [1.29, 1.82) is 5.26 Å². The van der Waals surface area contributed by atoms with E-state index in [1.807, 2.05) is 12.1 Å². The Labute approximate surface area is 154 Å². The molecule has 1 heterocycles. The summed E-state index contributed by atoms with van der Waals surface area (Å²) in [6, 6.07) is 10.8. The minimum atomic E-state index is -0.191. The molecular formula is C16H8I2N2O2. The Kier molecular flexibility index (Phi) is 4.10. The molecule has 108 valence electrons. The lowest BCUT2D eigenvalue weighted by Gasteiger charge is -2.04. The van der Waals surface area contributed by atoms with Crippen molar-refractivity contribution in [3.63, 3.8) is 0 Å². The standard InChI is InChI=1S/C16H8I2N2O2/c17-12-5-9(6-13(18)15(12)21)4-11-10-3-8(7-19)1-2-14(10)20-16(11)22/h1-6,21H,(H,20,22)/b11-4+. The Balaban J connectivity index is 2.14. The molecule has 2 N–H and O–H groups in total. The molecule has 1 aliphatic rings. The number of nitriles is 1. The molecule has 0 aliphatic carbocycles. The summed E-state index contributed by atoms with van der Waals surface area (Å²) in [5, 5.41) is 21.6. The van der Waals surface area contributed by atoms with Crippen LogP contribution in [0.25, 0.3) is 11.6 Å². The van der Waals surface area contributed by atoms with Gasteiger partial charge in [0.2, 0.25) is 0 Å². The molecule has 1 aliphatic heterocycles. The van der Waals surface area contributed by atoms with Crippen LogP contribution in [0.2, 0.25) is 0 Å². The summed E-state index contributed by atoms with van der Waals surface area (Å²) in [7, 11) is 0. The van der Waals surface area contributed by atoms with E-state index in [1.165, 1.54) is 0 Å². The fraction of sp³-hybridized carbons (Fsp3) is 0. The van der Waals surface area contributed by atoms with Crippen LogP contribution in [0, 0.1) is 18.5 Å². The molecule has 0 spiro atoms. The number of amides is 1. The van der Waals surface area contributed by atoms with Gasteiger partial charge in [0, 0.05) is 16.8 Å². The van der Waals surface area contributed by atoms with Crippen LogP contribution in [0.3, 0.4) is 0 Å². The molecule has 0 bridgehead atoms. The average Bonchev–Trinajstić information content (AvgIpc) is 2.80. The molecule has 0 saturated carbocycles. The van der Waals surface area contributed by atoms with E-state index in [-0.39, 0.29) is 11.7 Å². The van der Waals surface area contributed by atoms with E-state index in [9.17, 15) is 9.90 Å². The Morgan fingerprint density at radius 2 is 1.86 bits per heavy atom. The lowest BCUT2D eigenvalue weighted by Crippen LogP contribution is -2.03. The summed E-state index contributed by atoms with van der Waals surface area (Å²) in [5.74, 6) is 0.0505. The van der Waals surface area contributed by atoms with E-state index in [1.54, 1.807) is 24.3 Å². The van der Waals surface area contributed by atoms with Gasteiger partial charge in [-0.1, -0.05) is 0 Å². The van der Waals surface area contributed by atoms with E-state index in [0.717, 1.165) is 18.3 Å². The number of nitrogens with zero attached hydrogens (tertiary/aromatic N) is 1. The third kappa shape index (κ3) is 2.70. The summed E-state index contributed by atoms with van der Waals surface area (Å²) in [4.78, 5) is 12.2. The largest absolute Gasteiger partial charge is 0.506 e. The Hall–Kier alpha value is -1.60. The van der Waals surface area contributed by atoms with Gasteiger partial charge in [0.25, 0.3) is 5.91 Å². The highest BCUT2D eigenvalue weighted by molar-refractivity contribution is 14.1. The van der Waals surface area contributed by atoms with Crippen LogP contribution in [0.4, 0.5) is 5.69 Å². The van der Waals surface area contributed by atoms with Crippen molar-refractivity contribution in [3.8, 4) is 11.8 Å². The first kappa shape index (κ1) is 15.3. The second-order valence-corrected chi connectivity index (χ2v) is 7.04. The van der Waals surface area contributed by atoms with E-state index in [4.69, 9.17) is 5.26 Å². The summed E-state index contributed by atoms with van der Waals surface area (Å²) < 4.78 is 1.45. The molecular weight excluding hydrogens is 506 g/mol. The van der Waals surface area contributed by atoms with Crippen LogP contribution in [0.5, 0.6) is 5.75 Å². The highest BCUT2D eigenvalue weighted by atomic mass is 127. The van der Waals surface area contributed by atoms with Crippen LogP contribution in [0.1, 0.15) is 16.7 Å². The molecule has 6 heteroatoms. The molecule has 22 heavy (non-hydrogen) atoms. The predicted octanol–water partition coefficient (Wildman–Crippen LogP) is 3.97. The van der Waals surface area contributed by atoms with Gasteiger partial charge in [-0.25, -0.2) is 0 Å². The number of phenolic OH excluding ortho intramolecular Hbond substituents is 1. The Bertz CT molecular complexity index is 859. The molecule has 3 rings (SSSR count). The Morgan fingerprint density at radius 1 is 1.18 bits per heavy atom. The number of phenols is 1. The van der Waals surface area contributed by atoms with Crippen molar-refractivity contribution in [2.75, 3.05) is 5.32 Å². The smallest absolute Gasteiger partial charge is 0.256 e. The van der Waals surface area contributed by atoms with E-state index >= 15 is 0 Å². The average molecular weight is 514 g/mol. The quantitative estimate of drug-likeness (QED) is 0.448. The van der Waals surface area contributed by atoms with Gasteiger partial charge >= 0.3 is 0 Å². The molecule has 0 atom stereocenters. The normalized spacial score (nSPS) is 14.6. The van der Waals surface area contributed by atoms with Crippen LogP contribution < -0.4 is 5.32 Å². The van der Waals surface area contributed by atoms with Gasteiger partial charge in [-0.05, 0) is 87.2 Å². The van der Waals surface area contributed by atoms with Gasteiger partial charge in [0.15, 0.2) is 0 Å². The van der Waals surface area contributed by atoms with E-state index < -0.39 is 0 Å². The molecule has 0 radical (unpaired) electrons. The fourth-order valence-electron chi connectivity index (χ4n) is 2.24. The first-order valence-corrected chi connectivity index (χ1v) is 8.41. The first-order valence-electron chi connectivity index (χ1n) is 6.25. The van der Waals surface area contributed by atoms with Crippen molar-refractivity contribution in [3.05, 3.63) is 54.2 Å². The maximum Gasteiger partial charge on any atom is 0.256 e. The van der Waals surface area contributed by atoms with E-state index in [2.05, 4.69) is 56.6 Å². The molecule has 0 unspecified atom stereocenters. The summed E-state index contributed by atoms with van der Waals surface area (Å²) >= 11 is 4.10. The van der Waals surface area contributed by atoms with Crippen molar-refractivity contribution in [2.24, 2.45) is 0 Å². The monoisotopic (exact) mass is 514 g/mol. The molecule has 0 fully saturated rings. The van der Waals surface area contributed by atoms with Gasteiger partial charge in [0.1, 0.15) is 5.75 Å². The van der Waals surface area contributed by atoms with Crippen molar-refractivity contribution < 1.29 is 9.90 Å². The molecule has 0 aromatic heterocycles. The molecule has 0 saturated heterocycles. The number of carbonyl (C=O) groups excluding carboxylic acids is 1. The maximum absolute atomic E-state index is 12.2. The number of hydrogen-bond donors (Lipinski definition) is 2. The number of nitrogens with one attached hydrogen (secondary N) is 1. The topological polar surface area (TPSA) is 73.1 Å². The van der Waals surface area contributed by atoms with E-state index in [0.29, 0.717) is 16.8 Å². The summed E-state index contributed by atoms with van der Waals surface area (Å²) in [6.07, 6.45) is 1.77. The lowest BCUT2D eigenvalue weighted by atomic mass is 10.0. The summed E-state index contributed by atoms with van der Waals surface area (Å²) in [6.45, 7) is 0. The zero-order valence-electron chi connectivity index (χ0n) is 11.0. The third-order valence-electron chi connectivity index (χ3n) is 3.28. The number of halogens is 2. The van der Waals surface area contributed by atoms with Gasteiger partial charge in [-0.15, -0.1) is 0 Å². The number of hydrogen-bond acceptors (Lipinski definition) is 3. The first-order chi connectivity index (χ1) is 10.5. The third-order valence-corrected chi connectivity index (χ3v) is 4.93. The molecule has 2 aromatic rings. The lowest BCUT2D eigenvalue weighted by molar-refractivity contribution is -0.110. The SMILES string of the molecule is N#Cc1ccc2c(c1)/C(=C\c1cc(I)c(O)c(I)c1)C(=O)N2. The van der Waals surface area contributed by atoms with Crippen molar-refractivity contribution in [2.45, 2.75) is 0 Å². The minimum absolute atomic E-state index is 0.191. The Morgan fingerprint density at radius 3 is 2.50 bits per heavy atom. The predicted molar refractivity (Wildman–Crippen MR) is 101 cm³/mol. The van der Waals surface area contributed by atoms with Crippen LogP contribution in [-0.4, -0.2) is 11.0 Å². The summed E-state index contributed by atoms with van der Waals surface area (Å²) in [5.41, 5.74) is 3.29. The van der Waals surface area contributed by atoms with Gasteiger partial charge in [-0.3, -0.25) is 4.79 Å². The number of aromatic hydroxyl groups is 1. The molecule has 4 nitrogen and oxygen atoms in total. The van der Waals surface area contributed by atoms with Gasteiger partial charge in [0.05, 0.1) is 18.8 Å². The number of benzene rings is 2. The van der Waals surface area contributed by atoms with Crippen LogP contribution in [0.15, 0.2) is 30.3 Å². The highest BCUT2D eigenvalue weighted by Crippen LogP contribution is 2.35. The number of fused-ring (bicyclic) bond motifs is 1. The second kappa shape index (κ2) is 5.89. The fourth-order valence-corrected chi connectivity index (χ4v) is 4.05. The zero-order valence-corrected chi connectivity index (χ0v) is 15.3. The minimum Gasteiger partial charge on any atom is -0.506 e. The van der Waals surface area contributed by atoms with Gasteiger partial charge in [-0.2, -0.15) is 5.26 Å². The van der Waals surface area contributed by atoms with Crippen molar-refractivity contribution >= 4 is 68.4 Å². The molecule has 1 amide bonds. The van der Waals surface area contributed by atoms with Crippen molar-refractivity contribution in [1.82, 2.24) is 0 Å². The van der Waals surface area contributed by atoms with Crippen LogP contribution >= 0.6 is 45.2 Å². The highest BCUT2D eigenvalue weighted by Gasteiger charge is 2.24. The second-order valence-electron chi connectivity index (χ2n) is 4.72. The number of carbonyl (C=O) groups is 1. The number of rotatable bonds is 1. The zero-order chi connectivity index (χ0) is 15.9. The number of anilines is 1. The van der Waals surface area contributed by atoms with Gasteiger partial charge < -0.3 is 10.4 Å². The maximum atomic E-state index is 12.2. The molecule has 2 aromatic carbocycles.